The molecule has 0 aliphatic carbocycles. The second-order valence-electron chi connectivity index (χ2n) is 4.99. The summed E-state index contributed by atoms with van der Waals surface area (Å²) in [6.07, 6.45) is 3.43. The van der Waals surface area contributed by atoms with E-state index in [1.807, 2.05) is 0 Å². The molecule has 1 aliphatic heterocycles. The van der Waals surface area contributed by atoms with Gasteiger partial charge in [0.1, 0.15) is 12.0 Å². The van der Waals surface area contributed by atoms with Crippen LogP contribution in [0.2, 0.25) is 0 Å². The number of hydrogen-bond acceptors (Lipinski definition) is 5. The molecule has 1 aromatic rings. The van der Waals surface area contributed by atoms with E-state index >= 15 is 0 Å². The molecule has 0 saturated carbocycles. The summed E-state index contributed by atoms with van der Waals surface area (Å²) in [6, 6.07) is 1.68. The predicted octanol–water partition coefficient (Wildman–Crippen LogP) is 0.905. The minimum absolute atomic E-state index is 0.331. The van der Waals surface area contributed by atoms with Crippen LogP contribution in [0.5, 0.6) is 5.75 Å². The van der Waals surface area contributed by atoms with Crippen molar-refractivity contribution in [2.75, 3.05) is 13.1 Å². The van der Waals surface area contributed by atoms with Gasteiger partial charge in [-0.15, -0.1) is 0 Å². The van der Waals surface area contributed by atoms with Crippen molar-refractivity contribution in [3.63, 3.8) is 0 Å². The van der Waals surface area contributed by atoms with E-state index in [2.05, 4.69) is 11.8 Å². The Morgan fingerprint density at radius 2 is 2.39 bits per heavy atom. The molecule has 0 spiro atoms. The van der Waals surface area contributed by atoms with E-state index in [1.165, 1.54) is 12.5 Å². The Kier molecular flexibility index (Phi) is 4.04. The van der Waals surface area contributed by atoms with Crippen LogP contribution in [0.1, 0.15) is 25.5 Å². The van der Waals surface area contributed by atoms with Crippen molar-refractivity contribution >= 4 is 0 Å². The zero-order valence-electron chi connectivity index (χ0n) is 10.6. The second-order valence-corrected chi connectivity index (χ2v) is 4.99. The molecule has 2 unspecified atom stereocenters. The smallest absolute Gasteiger partial charge is 0.226 e. The first-order valence-electron chi connectivity index (χ1n) is 6.36. The Hall–Kier alpha value is -1.33. The summed E-state index contributed by atoms with van der Waals surface area (Å²) in [4.78, 5) is 13.6. The number of nitrogens with zero attached hydrogens (tertiary/aromatic N) is 1. The van der Waals surface area contributed by atoms with Crippen LogP contribution in [0.15, 0.2) is 21.5 Å². The molecule has 2 heterocycles. The molecule has 18 heavy (non-hydrogen) atoms. The normalized spacial score (nSPS) is 25.2. The maximum absolute atomic E-state index is 11.3. The Morgan fingerprint density at radius 1 is 1.61 bits per heavy atom. The molecule has 0 bridgehead atoms. The molecule has 100 valence electrons. The fraction of sp³-hybridized carbons (Fsp3) is 0.615. The van der Waals surface area contributed by atoms with Gasteiger partial charge in [0, 0.05) is 18.7 Å². The molecule has 0 radical (unpaired) electrons. The number of aromatic hydroxyl groups is 1. The van der Waals surface area contributed by atoms with Crippen LogP contribution in [-0.2, 0) is 6.54 Å². The van der Waals surface area contributed by atoms with E-state index in [-0.39, 0.29) is 5.75 Å². The number of nitrogens with two attached hydrogens (primary N) is 1. The summed E-state index contributed by atoms with van der Waals surface area (Å²) in [5.74, 6) is 0.791. The molecule has 1 aliphatic rings. The number of hydrogen-bond donors (Lipinski definition) is 2. The average Bonchev–Trinajstić information content (AvgIpc) is 2.34. The summed E-state index contributed by atoms with van der Waals surface area (Å²) in [7, 11) is 0. The number of piperidine rings is 1. The van der Waals surface area contributed by atoms with E-state index in [0.29, 0.717) is 30.8 Å². The van der Waals surface area contributed by atoms with Gasteiger partial charge in [0.25, 0.3) is 0 Å². The summed E-state index contributed by atoms with van der Waals surface area (Å²) in [5.41, 5.74) is 5.42. The third kappa shape index (κ3) is 2.73. The lowest BCUT2D eigenvalue weighted by Crippen LogP contribution is -2.48. The lowest BCUT2D eigenvalue weighted by atomic mass is 9.91. The lowest BCUT2D eigenvalue weighted by Gasteiger charge is -2.39. The van der Waals surface area contributed by atoms with Gasteiger partial charge in [0.05, 0.1) is 6.54 Å². The maximum atomic E-state index is 11.3. The first kappa shape index (κ1) is 13.1. The Balaban J connectivity index is 2.11. The third-order valence-electron chi connectivity index (χ3n) is 3.70. The Labute approximate surface area is 106 Å². The average molecular weight is 252 g/mol. The molecule has 0 amide bonds. The molecule has 1 saturated heterocycles. The molecule has 5 heteroatoms. The molecule has 0 aromatic carbocycles. The number of rotatable bonds is 3. The largest absolute Gasteiger partial charge is 0.502 e. The minimum Gasteiger partial charge on any atom is -0.502 e. The van der Waals surface area contributed by atoms with Crippen molar-refractivity contribution in [3.8, 4) is 5.75 Å². The minimum atomic E-state index is -0.398. The summed E-state index contributed by atoms with van der Waals surface area (Å²) < 4.78 is 5.24. The van der Waals surface area contributed by atoms with E-state index in [4.69, 9.17) is 15.3 Å². The van der Waals surface area contributed by atoms with Crippen LogP contribution in [-0.4, -0.2) is 29.1 Å². The third-order valence-corrected chi connectivity index (χ3v) is 3.70. The quantitative estimate of drug-likeness (QED) is 0.835. The maximum Gasteiger partial charge on any atom is 0.226 e. The van der Waals surface area contributed by atoms with Gasteiger partial charge in [0.15, 0.2) is 5.75 Å². The van der Waals surface area contributed by atoms with Gasteiger partial charge in [-0.3, -0.25) is 9.69 Å². The molecule has 2 rings (SSSR count). The van der Waals surface area contributed by atoms with Crippen molar-refractivity contribution in [2.45, 2.75) is 32.4 Å². The van der Waals surface area contributed by atoms with Gasteiger partial charge < -0.3 is 15.3 Å². The van der Waals surface area contributed by atoms with Gasteiger partial charge in [-0.05, 0) is 25.3 Å². The molecule has 3 N–H and O–H groups in total. The molecule has 2 atom stereocenters. The Bertz CT molecular complexity index is 458. The van der Waals surface area contributed by atoms with E-state index in [1.54, 1.807) is 0 Å². The summed E-state index contributed by atoms with van der Waals surface area (Å²) >= 11 is 0. The van der Waals surface area contributed by atoms with Gasteiger partial charge in [-0.25, -0.2) is 0 Å². The monoisotopic (exact) mass is 252 g/mol. The van der Waals surface area contributed by atoms with E-state index < -0.39 is 5.43 Å². The van der Waals surface area contributed by atoms with Crippen LogP contribution in [0.25, 0.3) is 0 Å². The van der Waals surface area contributed by atoms with Crippen LogP contribution < -0.4 is 11.2 Å². The molecule has 1 aromatic heterocycles. The Morgan fingerprint density at radius 3 is 3.06 bits per heavy atom. The SMILES string of the molecule is CC1CCCN(Cc2cc(=O)c(O)co2)C1CN. The fourth-order valence-corrected chi connectivity index (χ4v) is 2.64. The summed E-state index contributed by atoms with van der Waals surface area (Å²) in [6.45, 7) is 4.36. The van der Waals surface area contributed by atoms with Gasteiger partial charge >= 0.3 is 0 Å². The zero-order chi connectivity index (χ0) is 13.1. The van der Waals surface area contributed by atoms with Crippen LogP contribution >= 0.6 is 0 Å². The van der Waals surface area contributed by atoms with Crippen molar-refractivity contribution in [1.29, 1.82) is 0 Å². The van der Waals surface area contributed by atoms with Crippen LogP contribution in [0.3, 0.4) is 0 Å². The predicted molar refractivity (Wildman–Crippen MR) is 68.3 cm³/mol. The van der Waals surface area contributed by atoms with E-state index in [9.17, 15) is 4.79 Å². The highest BCUT2D eigenvalue weighted by molar-refractivity contribution is 5.15. The fourth-order valence-electron chi connectivity index (χ4n) is 2.64. The molecule has 1 fully saturated rings. The summed E-state index contributed by atoms with van der Waals surface area (Å²) in [5, 5.41) is 9.15. The van der Waals surface area contributed by atoms with Crippen LogP contribution in [0.4, 0.5) is 0 Å². The van der Waals surface area contributed by atoms with Crippen LogP contribution in [0, 0.1) is 5.92 Å². The van der Waals surface area contributed by atoms with Crippen molar-refractivity contribution in [2.24, 2.45) is 11.7 Å². The lowest BCUT2D eigenvalue weighted by molar-refractivity contribution is 0.0909. The first-order chi connectivity index (χ1) is 8.61. The van der Waals surface area contributed by atoms with Crippen molar-refractivity contribution in [3.05, 3.63) is 28.3 Å². The highest BCUT2D eigenvalue weighted by Crippen LogP contribution is 2.24. The van der Waals surface area contributed by atoms with Crippen molar-refractivity contribution < 1.29 is 9.52 Å². The molecule has 5 nitrogen and oxygen atoms in total. The van der Waals surface area contributed by atoms with Gasteiger partial charge in [0.2, 0.25) is 5.43 Å². The number of likely N-dealkylation sites (tertiary alicyclic amines) is 1. The van der Waals surface area contributed by atoms with Gasteiger partial charge in [-0.1, -0.05) is 6.92 Å². The topological polar surface area (TPSA) is 79.7 Å². The van der Waals surface area contributed by atoms with E-state index in [0.717, 1.165) is 19.2 Å². The first-order valence-corrected chi connectivity index (χ1v) is 6.36. The van der Waals surface area contributed by atoms with Gasteiger partial charge in [-0.2, -0.15) is 0 Å². The second kappa shape index (κ2) is 5.54. The zero-order valence-corrected chi connectivity index (χ0v) is 10.6. The molecular formula is C13H20N2O3. The molecular weight excluding hydrogens is 232 g/mol. The van der Waals surface area contributed by atoms with Crippen molar-refractivity contribution in [1.82, 2.24) is 4.90 Å². The standard InChI is InChI=1S/C13H20N2O3/c1-9-3-2-4-15(11(9)6-14)7-10-5-12(16)13(17)8-18-10/h5,8-9,11,17H,2-4,6-7,14H2,1H3. The highest BCUT2D eigenvalue weighted by Gasteiger charge is 2.27. The highest BCUT2D eigenvalue weighted by atomic mass is 16.4.